The molecule has 0 spiro atoms. The summed E-state index contributed by atoms with van der Waals surface area (Å²) in [6.07, 6.45) is 2.63. The standard InChI is InChI=1S/C18H21FN2O/c19-15-3-1-14(2-4-15)18-6-5-16(22-18)11-20-17-12-21-9-7-13(17)8-10-21/h1-6,13,17,20H,7-12H2. The summed E-state index contributed by atoms with van der Waals surface area (Å²) in [4.78, 5) is 2.55. The smallest absolute Gasteiger partial charge is 0.134 e. The van der Waals surface area contributed by atoms with Gasteiger partial charge in [-0.2, -0.15) is 0 Å². The van der Waals surface area contributed by atoms with Crippen LogP contribution < -0.4 is 5.32 Å². The van der Waals surface area contributed by atoms with E-state index in [1.165, 1.54) is 38.1 Å². The van der Waals surface area contributed by atoms with E-state index in [9.17, 15) is 4.39 Å². The molecule has 2 bridgehead atoms. The van der Waals surface area contributed by atoms with Crippen LogP contribution in [0.5, 0.6) is 0 Å². The molecule has 1 atom stereocenters. The van der Waals surface area contributed by atoms with Crippen LogP contribution in [0.3, 0.4) is 0 Å². The molecule has 4 heterocycles. The van der Waals surface area contributed by atoms with E-state index in [0.29, 0.717) is 6.04 Å². The van der Waals surface area contributed by atoms with E-state index in [-0.39, 0.29) is 5.82 Å². The Kier molecular flexibility index (Phi) is 3.72. The van der Waals surface area contributed by atoms with Gasteiger partial charge in [0, 0.05) is 18.2 Å². The molecule has 0 aliphatic carbocycles. The number of halogens is 1. The Morgan fingerprint density at radius 3 is 2.55 bits per heavy atom. The summed E-state index contributed by atoms with van der Waals surface area (Å²) in [5, 5.41) is 3.65. The lowest BCUT2D eigenvalue weighted by atomic mass is 9.84. The molecule has 3 saturated heterocycles. The van der Waals surface area contributed by atoms with Crippen molar-refractivity contribution in [2.24, 2.45) is 5.92 Å². The molecule has 0 radical (unpaired) electrons. The summed E-state index contributed by atoms with van der Waals surface area (Å²) >= 11 is 0. The van der Waals surface area contributed by atoms with Crippen LogP contribution in [0, 0.1) is 11.7 Å². The summed E-state index contributed by atoms with van der Waals surface area (Å²) < 4.78 is 18.8. The summed E-state index contributed by atoms with van der Waals surface area (Å²) in [6, 6.07) is 11.0. The molecule has 0 amide bonds. The first-order valence-corrected chi connectivity index (χ1v) is 8.08. The van der Waals surface area contributed by atoms with Crippen molar-refractivity contribution in [3.63, 3.8) is 0 Å². The van der Waals surface area contributed by atoms with Crippen molar-refractivity contribution in [3.05, 3.63) is 48.0 Å². The Labute approximate surface area is 130 Å². The van der Waals surface area contributed by atoms with Crippen LogP contribution in [-0.4, -0.2) is 30.6 Å². The fourth-order valence-electron chi connectivity index (χ4n) is 3.67. The summed E-state index contributed by atoms with van der Waals surface area (Å²) in [6.45, 7) is 4.45. The molecule has 4 heteroatoms. The molecule has 1 unspecified atom stereocenters. The number of benzene rings is 1. The summed E-state index contributed by atoms with van der Waals surface area (Å²) in [7, 11) is 0. The quantitative estimate of drug-likeness (QED) is 0.939. The molecule has 3 fully saturated rings. The van der Waals surface area contributed by atoms with Crippen LogP contribution >= 0.6 is 0 Å². The molecule has 3 aliphatic rings. The number of furan rings is 1. The fourth-order valence-corrected chi connectivity index (χ4v) is 3.67. The van der Waals surface area contributed by atoms with Crippen molar-refractivity contribution in [1.29, 1.82) is 0 Å². The maximum Gasteiger partial charge on any atom is 0.134 e. The summed E-state index contributed by atoms with van der Waals surface area (Å²) in [5.74, 6) is 2.33. The molecular formula is C18H21FN2O. The zero-order chi connectivity index (χ0) is 14.9. The van der Waals surface area contributed by atoms with Gasteiger partial charge >= 0.3 is 0 Å². The molecular weight excluding hydrogens is 279 g/mol. The molecule has 3 nitrogen and oxygen atoms in total. The normalized spacial score (nSPS) is 27.2. The Balaban J connectivity index is 1.39. The fraction of sp³-hybridized carbons (Fsp3) is 0.444. The highest BCUT2D eigenvalue weighted by Crippen LogP contribution is 2.28. The SMILES string of the molecule is Fc1ccc(-c2ccc(CNC3CN4CCC3CC4)o2)cc1. The van der Waals surface area contributed by atoms with Gasteiger partial charge in [0.1, 0.15) is 17.3 Å². The third-order valence-corrected chi connectivity index (χ3v) is 4.99. The van der Waals surface area contributed by atoms with Crippen molar-refractivity contribution in [3.8, 4) is 11.3 Å². The average Bonchev–Trinajstić information content (AvgIpc) is 3.04. The van der Waals surface area contributed by atoms with Gasteiger partial charge in [0.2, 0.25) is 0 Å². The Morgan fingerprint density at radius 2 is 1.86 bits per heavy atom. The van der Waals surface area contributed by atoms with E-state index in [2.05, 4.69) is 10.2 Å². The second-order valence-corrected chi connectivity index (χ2v) is 6.40. The highest BCUT2D eigenvalue weighted by Gasteiger charge is 2.33. The van der Waals surface area contributed by atoms with Crippen molar-refractivity contribution < 1.29 is 8.81 Å². The van der Waals surface area contributed by atoms with Gasteiger partial charge in [0.15, 0.2) is 0 Å². The molecule has 1 aromatic heterocycles. The largest absolute Gasteiger partial charge is 0.460 e. The number of piperidine rings is 3. The molecule has 1 aromatic carbocycles. The topological polar surface area (TPSA) is 28.4 Å². The van der Waals surface area contributed by atoms with Crippen LogP contribution in [0.4, 0.5) is 4.39 Å². The predicted molar refractivity (Wildman–Crippen MR) is 83.9 cm³/mol. The first-order chi connectivity index (χ1) is 10.8. The Morgan fingerprint density at radius 1 is 1.09 bits per heavy atom. The third kappa shape index (κ3) is 2.81. The number of hydrogen-bond donors (Lipinski definition) is 1. The van der Waals surface area contributed by atoms with Crippen molar-refractivity contribution >= 4 is 0 Å². The molecule has 116 valence electrons. The highest BCUT2D eigenvalue weighted by molar-refractivity contribution is 5.57. The predicted octanol–water partition coefficient (Wildman–Crippen LogP) is 3.27. The van der Waals surface area contributed by atoms with E-state index in [0.717, 1.165) is 36.1 Å². The summed E-state index contributed by atoms with van der Waals surface area (Å²) in [5.41, 5.74) is 0.912. The lowest BCUT2D eigenvalue weighted by molar-refractivity contribution is 0.0711. The third-order valence-electron chi connectivity index (χ3n) is 4.99. The zero-order valence-electron chi connectivity index (χ0n) is 12.6. The van der Waals surface area contributed by atoms with E-state index in [1.54, 1.807) is 12.1 Å². The van der Waals surface area contributed by atoms with Gasteiger partial charge in [0.05, 0.1) is 6.54 Å². The second kappa shape index (κ2) is 5.86. The number of nitrogens with one attached hydrogen (secondary N) is 1. The Bertz CT molecular complexity index is 629. The zero-order valence-corrected chi connectivity index (χ0v) is 12.6. The van der Waals surface area contributed by atoms with Crippen molar-refractivity contribution in [1.82, 2.24) is 10.2 Å². The van der Waals surface area contributed by atoms with E-state index >= 15 is 0 Å². The van der Waals surface area contributed by atoms with Gasteiger partial charge < -0.3 is 14.6 Å². The van der Waals surface area contributed by atoms with Gasteiger partial charge in [-0.25, -0.2) is 4.39 Å². The minimum atomic E-state index is -0.223. The minimum Gasteiger partial charge on any atom is -0.460 e. The van der Waals surface area contributed by atoms with E-state index in [4.69, 9.17) is 4.42 Å². The van der Waals surface area contributed by atoms with Gasteiger partial charge in [-0.3, -0.25) is 0 Å². The molecule has 1 N–H and O–H groups in total. The maximum atomic E-state index is 13.0. The van der Waals surface area contributed by atoms with E-state index in [1.807, 2.05) is 12.1 Å². The number of nitrogens with zero attached hydrogens (tertiary/aromatic N) is 1. The van der Waals surface area contributed by atoms with Crippen LogP contribution in [0.2, 0.25) is 0 Å². The monoisotopic (exact) mass is 300 g/mol. The number of hydrogen-bond acceptors (Lipinski definition) is 3. The van der Waals surface area contributed by atoms with Gasteiger partial charge in [-0.05, 0) is 68.2 Å². The molecule has 0 saturated carbocycles. The molecule has 5 rings (SSSR count). The lowest BCUT2D eigenvalue weighted by Gasteiger charge is -2.45. The van der Waals surface area contributed by atoms with Gasteiger partial charge in [0.25, 0.3) is 0 Å². The van der Waals surface area contributed by atoms with Crippen molar-refractivity contribution in [2.45, 2.75) is 25.4 Å². The highest BCUT2D eigenvalue weighted by atomic mass is 19.1. The number of rotatable bonds is 4. The van der Waals surface area contributed by atoms with Crippen LogP contribution in [0.25, 0.3) is 11.3 Å². The lowest BCUT2D eigenvalue weighted by Crippen LogP contribution is -2.55. The number of fused-ring (bicyclic) bond motifs is 3. The van der Waals surface area contributed by atoms with Gasteiger partial charge in [-0.1, -0.05) is 0 Å². The maximum absolute atomic E-state index is 13.0. The minimum absolute atomic E-state index is 0.223. The molecule has 22 heavy (non-hydrogen) atoms. The van der Waals surface area contributed by atoms with Crippen LogP contribution in [-0.2, 0) is 6.54 Å². The van der Waals surface area contributed by atoms with Crippen LogP contribution in [0.15, 0.2) is 40.8 Å². The van der Waals surface area contributed by atoms with Gasteiger partial charge in [-0.15, -0.1) is 0 Å². The average molecular weight is 300 g/mol. The molecule has 2 aromatic rings. The Hall–Kier alpha value is -1.65. The first kappa shape index (κ1) is 14.0. The first-order valence-electron chi connectivity index (χ1n) is 8.08. The van der Waals surface area contributed by atoms with Crippen molar-refractivity contribution in [2.75, 3.05) is 19.6 Å². The van der Waals surface area contributed by atoms with E-state index < -0.39 is 0 Å². The van der Waals surface area contributed by atoms with Crippen LogP contribution in [0.1, 0.15) is 18.6 Å². The second-order valence-electron chi connectivity index (χ2n) is 6.40. The molecule has 3 aliphatic heterocycles.